The number of aromatic nitrogens is 1. The standard InChI is InChI=1S/C20H22N4OS.HI/c1-2-19-23-16(14-26-19)11-12-22-20(21)24-15-7-6-10-18(13-15)25-17-8-4-3-5-9-17;/h3-10,13-14H,2,11-12H2,1H3,(H3,21,22,24);1H. The molecule has 3 rings (SSSR count). The molecule has 7 heteroatoms. The van der Waals surface area contributed by atoms with Crippen LogP contribution in [0.1, 0.15) is 17.6 Å². The molecule has 0 spiro atoms. The summed E-state index contributed by atoms with van der Waals surface area (Å²) in [5.41, 5.74) is 7.89. The van der Waals surface area contributed by atoms with Crippen molar-refractivity contribution in [1.82, 2.24) is 4.98 Å². The van der Waals surface area contributed by atoms with Crippen LogP contribution in [0.4, 0.5) is 5.69 Å². The molecule has 0 unspecified atom stereocenters. The topological polar surface area (TPSA) is 72.5 Å². The van der Waals surface area contributed by atoms with Crippen LogP contribution < -0.4 is 15.8 Å². The third-order valence-electron chi connectivity index (χ3n) is 3.64. The summed E-state index contributed by atoms with van der Waals surface area (Å²) in [6.07, 6.45) is 1.76. The Labute approximate surface area is 180 Å². The first kappa shape index (κ1) is 21.2. The van der Waals surface area contributed by atoms with Crippen LogP contribution in [0.25, 0.3) is 0 Å². The zero-order chi connectivity index (χ0) is 18.2. The average molecular weight is 494 g/mol. The van der Waals surface area contributed by atoms with Gasteiger partial charge in [0.05, 0.1) is 10.7 Å². The van der Waals surface area contributed by atoms with E-state index in [1.807, 2.05) is 54.6 Å². The molecule has 0 aliphatic heterocycles. The summed E-state index contributed by atoms with van der Waals surface area (Å²) >= 11 is 1.69. The van der Waals surface area contributed by atoms with E-state index in [0.29, 0.717) is 12.5 Å². The normalized spacial score (nSPS) is 10.9. The number of para-hydroxylation sites is 1. The van der Waals surface area contributed by atoms with Gasteiger partial charge in [0.1, 0.15) is 11.5 Å². The quantitative estimate of drug-likeness (QED) is 0.273. The van der Waals surface area contributed by atoms with E-state index in [2.05, 4.69) is 27.6 Å². The van der Waals surface area contributed by atoms with Crippen LogP contribution in [-0.2, 0) is 12.8 Å². The third kappa shape index (κ3) is 6.84. The number of nitrogens with two attached hydrogens (primary N) is 1. The molecule has 1 heterocycles. The summed E-state index contributed by atoms with van der Waals surface area (Å²) in [4.78, 5) is 8.90. The van der Waals surface area contributed by atoms with Gasteiger partial charge in [0.2, 0.25) is 0 Å². The molecule has 5 nitrogen and oxygen atoms in total. The first-order valence-corrected chi connectivity index (χ1v) is 9.44. The number of guanidine groups is 1. The summed E-state index contributed by atoms with van der Waals surface area (Å²) in [5.74, 6) is 1.91. The van der Waals surface area contributed by atoms with Gasteiger partial charge in [-0.2, -0.15) is 0 Å². The van der Waals surface area contributed by atoms with E-state index in [4.69, 9.17) is 10.5 Å². The number of anilines is 1. The van der Waals surface area contributed by atoms with Gasteiger partial charge in [-0.25, -0.2) is 4.98 Å². The van der Waals surface area contributed by atoms with Gasteiger partial charge in [0, 0.05) is 30.1 Å². The van der Waals surface area contributed by atoms with Crippen LogP contribution in [0, 0.1) is 0 Å². The Hall–Kier alpha value is -2.13. The lowest BCUT2D eigenvalue weighted by Crippen LogP contribution is -2.23. The smallest absolute Gasteiger partial charge is 0.193 e. The fourth-order valence-electron chi connectivity index (χ4n) is 2.37. The highest BCUT2D eigenvalue weighted by molar-refractivity contribution is 14.0. The fourth-order valence-corrected chi connectivity index (χ4v) is 3.15. The van der Waals surface area contributed by atoms with Crippen molar-refractivity contribution in [3.05, 3.63) is 70.7 Å². The average Bonchev–Trinajstić information content (AvgIpc) is 3.11. The molecule has 3 aromatic rings. The second-order valence-electron chi connectivity index (χ2n) is 5.67. The monoisotopic (exact) mass is 494 g/mol. The molecule has 0 saturated heterocycles. The maximum atomic E-state index is 5.98. The molecule has 0 amide bonds. The second-order valence-corrected chi connectivity index (χ2v) is 6.61. The van der Waals surface area contributed by atoms with Gasteiger partial charge < -0.3 is 15.8 Å². The number of hydrogen-bond donors (Lipinski definition) is 2. The van der Waals surface area contributed by atoms with Crippen molar-refractivity contribution in [3.8, 4) is 11.5 Å². The summed E-state index contributed by atoms with van der Waals surface area (Å²) in [5, 5.41) is 6.34. The molecule has 142 valence electrons. The Bertz CT molecular complexity index is 867. The van der Waals surface area contributed by atoms with E-state index in [-0.39, 0.29) is 24.0 Å². The first-order chi connectivity index (χ1) is 12.7. The van der Waals surface area contributed by atoms with E-state index in [0.717, 1.165) is 40.7 Å². The molecule has 3 N–H and O–H groups in total. The van der Waals surface area contributed by atoms with Crippen molar-refractivity contribution < 1.29 is 4.74 Å². The van der Waals surface area contributed by atoms with E-state index < -0.39 is 0 Å². The molecule has 0 bridgehead atoms. The van der Waals surface area contributed by atoms with E-state index >= 15 is 0 Å². The zero-order valence-electron chi connectivity index (χ0n) is 15.1. The van der Waals surface area contributed by atoms with Crippen molar-refractivity contribution in [2.45, 2.75) is 19.8 Å². The minimum Gasteiger partial charge on any atom is -0.457 e. The van der Waals surface area contributed by atoms with Gasteiger partial charge in [-0.05, 0) is 30.7 Å². The largest absolute Gasteiger partial charge is 0.457 e. The van der Waals surface area contributed by atoms with Gasteiger partial charge in [0.15, 0.2) is 5.96 Å². The molecule has 0 aliphatic carbocycles. The number of rotatable bonds is 7. The number of halogens is 1. The number of nitrogens with one attached hydrogen (secondary N) is 1. The minimum atomic E-state index is 0. The van der Waals surface area contributed by atoms with Crippen molar-refractivity contribution in [2.24, 2.45) is 10.7 Å². The number of aryl methyl sites for hydroxylation is 1. The highest BCUT2D eigenvalue weighted by Gasteiger charge is 2.02. The highest BCUT2D eigenvalue weighted by Crippen LogP contribution is 2.23. The number of ether oxygens (including phenoxy) is 1. The number of thiazole rings is 1. The van der Waals surface area contributed by atoms with E-state index in [1.165, 1.54) is 0 Å². The lowest BCUT2D eigenvalue weighted by Gasteiger charge is -2.09. The van der Waals surface area contributed by atoms with Crippen LogP contribution in [-0.4, -0.2) is 17.5 Å². The van der Waals surface area contributed by atoms with E-state index in [1.54, 1.807) is 11.3 Å². The highest BCUT2D eigenvalue weighted by atomic mass is 127. The zero-order valence-corrected chi connectivity index (χ0v) is 18.2. The van der Waals surface area contributed by atoms with Crippen molar-refractivity contribution in [3.63, 3.8) is 0 Å². The number of hydrogen-bond acceptors (Lipinski definition) is 4. The molecule has 0 aliphatic rings. The third-order valence-corrected chi connectivity index (χ3v) is 4.68. The molecule has 27 heavy (non-hydrogen) atoms. The maximum Gasteiger partial charge on any atom is 0.193 e. The lowest BCUT2D eigenvalue weighted by atomic mass is 10.3. The SMILES string of the molecule is CCc1nc(CCN=C(N)Nc2cccc(Oc3ccccc3)c2)cs1.I. The van der Waals surface area contributed by atoms with Crippen LogP contribution in [0.5, 0.6) is 11.5 Å². The molecule has 0 fully saturated rings. The van der Waals surface area contributed by atoms with Crippen molar-refractivity contribution >= 4 is 47.0 Å². The van der Waals surface area contributed by atoms with Gasteiger partial charge in [-0.3, -0.25) is 4.99 Å². The molecular formula is C20H23IN4OS. The van der Waals surface area contributed by atoms with Gasteiger partial charge in [-0.1, -0.05) is 31.2 Å². The molecule has 1 aromatic heterocycles. The van der Waals surface area contributed by atoms with Crippen molar-refractivity contribution in [2.75, 3.05) is 11.9 Å². The molecule has 0 saturated carbocycles. The number of nitrogens with zero attached hydrogens (tertiary/aromatic N) is 2. The summed E-state index contributed by atoms with van der Waals surface area (Å²) < 4.78 is 5.82. The Kier molecular flexibility index (Phi) is 8.53. The van der Waals surface area contributed by atoms with Gasteiger partial charge in [0.25, 0.3) is 0 Å². The van der Waals surface area contributed by atoms with E-state index in [9.17, 15) is 0 Å². The Morgan fingerprint density at radius 1 is 1.15 bits per heavy atom. The first-order valence-electron chi connectivity index (χ1n) is 8.56. The predicted octanol–water partition coefficient (Wildman–Crippen LogP) is 5.09. The molecule has 0 atom stereocenters. The Morgan fingerprint density at radius 2 is 1.93 bits per heavy atom. The van der Waals surface area contributed by atoms with Crippen LogP contribution in [0.3, 0.4) is 0 Å². The maximum absolute atomic E-state index is 5.98. The van der Waals surface area contributed by atoms with Gasteiger partial charge >= 0.3 is 0 Å². The minimum absolute atomic E-state index is 0. The Balaban J connectivity index is 0.00000261. The van der Waals surface area contributed by atoms with Crippen LogP contribution in [0.2, 0.25) is 0 Å². The molecular weight excluding hydrogens is 471 g/mol. The summed E-state index contributed by atoms with van der Waals surface area (Å²) in [6.45, 7) is 2.71. The second kappa shape index (κ2) is 10.9. The molecule has 2 aromatic carbocycles. The Morgan fingerprint density at radius 3 is 2.67 bits per heavy atom. The van der Waals surface area contributed by atoms with Crippen LogP contribution >= 0.6 is 35.3 Å². The molecule has 0 radical (unpaired) electrons. The summed E-state index contributed by atoms with van der Waals surface area (Å²) in [7, 11) is 0. The summed E-state index contributed by atoms with van der Waals surface area (Å²) in [6, 6.07) is 17.3. The van der Waals surface area contributed by atoms with Crippen molar-refractivity contribution in [1.29, 1.82) is 0 Å². The number of benzene rings is 2. The number of aliphatic imine (C=N–C) groups is 1. The predicted molar refractivity (Wildman–Crippen MR) is 124 cm³/mol. The lowest BCUT2D eigenvalue weighted by molar-refractivity contribution is 0.483. The van der Waals surface area contributed by atoms with Crippen LogP contribution in [0.15, 0.2) is 65.0 Å². The fraction of sp³-hybridized carbons (Fsp3) is 0.200. The van der Waals surface area contributed by atoms with Gasteiger partial charge in [-0.15, -0.1) is 35.3 Å².